The SMILES string of the molecule is C=N/C(=C\N=C/C)c1nc(Nc2ccc(F)c(F)c2)c2cccc(C)c2n1. The largest absolute Gasteiger partial charge is 0.340 e. The van der Waals surface area contributed by atoms with E-state index in [0.717, 1.165) is 23.1 Å². The standard InChI is InChI=1S/C20H17F2N5/c1-4-24-11-17(23-3)20-26-18-12(2)6-5-7-14(18)19(27-20)25-13-8-9-15(21)16(22)10-13/h4-11H,3H2,1-2H3,(H,25,26,27)/b17-11-,24-4-. The summed E-state index contributed by atoms with van der Waals surface area (Å²) in [6, 6.07) is 9.22. The van der Waals surface area contributed by atoms with Crippen LogP contribution in [-0.2, 0) is 0 Å². The number of fused-ring (bicyclic) bond motifs is 1. The maximum atomic E-state index is 13.6. The number of aryl methyl sites for hydroxylation is 1. The number of nitrogens with zero attached hydrogens (tertiary/aromatic N) is 4. The number of rotatable bonds is 5. The normalized spacial score (nSPS) is 11.9. The van der Waals surface area contributed by atoms with Crippen LogP contribution in [0.25, 0.3) is 16.6 Å². The molecule has 3 aromatic rings. The molecule has 0 aliphatic rings. The Morgan fingerprint density at radius 1 is 1.15 bits per heavy atom. The highest BCUT2D eigenvalue weighted by Crippen LogP contribution is 2.28. The van der Waals surface area contributed by atoms with Gasteiger partial charge < -0.3 is 5.32 Å². The van der Waals surface area contributed by atoms with Gasteiger partial charge in [0.1, 0.15) is 11.5 Å². The van der Waals surface area contributed by atoms with Gasteiger partial charge in [-0.3, -0.25) is 9.98 Å². The average molecular weight is 365 g/mol. The van der Waals surface area contributed by atoms with Crippen LogP contribution in [0.15, 0.2) is 52.6 Å². The number of benzene rings is 2. The van der Waals surface area contributed by atoms with Gasteiger partial charge in [0.2, 0.25) is 0 Å². The molecular weight excluding hydrogens is 348 g/mol. The zero-order chi connectivity index (χ0) is 19.4. The lowest BCUT2D eigenvalue weighted by Crippen LogP contribution is -2.02. The highest BCUT2D eigenvalue weighted by molar-refractivity contribution is 5.93. The Labute approximate surface area is 155 Å². The molecule has 0 saturated carbocycles. The lowest BCUT2D eigenvalue weighted by molar-refractivity contribution is 0.509. The average Bonchev–Trinajstić information content (AvgIpc) is 2.66. The topological polar surface area (TPSA) is 62.5 Å². The van der Waals surface area contributed by atoms with Crippen LogP contribution in [-0.4, -0.2) is 22.9 Å². The monoisotopic (exact) mass is 365 g/mol. The van der Waals surface area contributed by atoms with Crippen molar-refractivity contribution in [3.63, 3.8) is 0 Å². The van der Waals surface area contributed by atoms with Gasteiger partial charge in [0.15, 0.2) is 17.5 Å². The number of para-hydroxylation sites is 1. The lowest BCUT2D eigenvalue weighted by Gasteiger charge is -2.12. The Balaban J connectivity index is 2.19. The molecule has 0 atom stereocenters. The molecule has 1 N–H and O–H groups in total. The summed E-state index contributed by atoms with van der Waals surface area (Å²) >= 11 is 0. The van der Waals surface area contributed by atoms with Crippen molar-refractivity contribution in [3.8, 4) is 0 Å². The molecule has 27 heavy (non-hydrogen) atoms. The van der Waals surface area contributed by atoms with E-state index >= 15 is 0 Å². The molecule has 136 valence electrons. The fourth-order valence-electron chi connectivity index (χ4n) is 2.53. The fourth-order valence-corrected chi connectivity index (χ4v) is 2.53. The molecular formula is C20H17F2N5. The summed E-state index contributed by atoms with van der Waals surface area (Å²) in [5.74, 6) is -1.09. The number of aliphatic imine (C=N–C) groups is 2. The van der Waals surface area contributed by atoms with Crippen LogP contribution in [0.1, 0.15) is 18.3 Å². The number of halogens is 2. The molecule has 0 aliphatic heterocycles. The molecule has 0 radical (unpaired) electrons. The van der Waals surface area contributed by atoms with Gasteiger partial charge in [-0.25, -0.2) is 18.7 Å². The molecule has 1 heterocycles. The molecule has 7 heteroatoms. The molecule has 3 rings (SSSR count). The van der Waals surface area contributed by atoms with Crippen molar-refractivity contribution in [3.05, 3.63) is 65.6 Å². The first-order valence-electron chi connectivity index (χ1n) is 8.18. The Bertz CT molecular complexity index is 1070. The Morgan fingerprint density at radius 3 is 2.67 bits per heavy atom. The van der Waals surface area contributed by atoms with E-state index in [1.54, 1.807) is 13.1 Å². The van der Waals surface area contributed by atoms with Crippen molar-refractivity contribution in [1.82, 2.24) is 9.97 Å². The van der Waals surface area contributed by atoms with E-state index in [0.29, 0.717) is 28.5 Å². The zero-order valence-corrected chi connectivity index (χ0v) is 14.9. The molecule has 0 amide bonds. The molecule has 0 aliphatic carbocycles. The zero-order valence-electron chi connectivity index (χ0n) is 14.9. The number of hydrogen-bond acceptors (Lipinski definition) is 5. The van der Waals surface area contributed by atoms with Crippen molar-refractivity contribution < 1.29 is 8.78 Å². The Hall–Kier alpha value is -3.48. The number of anilines is 2. The maximum Gasteiger partial charge on any atom is 0.182 e. The summed E-state index contributed by atoms with van der Waals surface area (Å²) in [5.41, 5.74) is 2.41. The van der Waals surface area contributed by atoms with Gasteiger partial charge in [-0.05, 0) is 44.3 Å². The summed E-state index contributed by atoms with van der Waals surface area (Å²) < 4.78 is 26.8. The van der Waals surface area contributed by atoms with Gasteiger partial charge >= 0.3 is 0 Å². The minimum atomic E-state index is -0.944. The third-order valence-electron chi connectivity index (χ3n) is 3.86. The third-order valence-corrected chi connectivity index (χ3v) is 3.86. The lowest BCUT2D eigenvalue weighted by atomic mass is 10.1. The summed E-state index contributed by atoms with van der Waals surface area (Å²) in [6.45, 7) is 7.25. The van der Waals surface area contributed by atoms with Crippen LogP contribution in [0.3, 0.4) is 0 Å². The van der Waals surface area contributed by atoms with Crippen molar-refractivity contribution >= 4 is 41.0 Å². The van der Waals surface area contributed by atoms with Gasteiger partial charge in [0.05, 0.1) is 11.7 Å². The van der Waals surface area contributed by atoms with Crippen LogP contribution < -0.4 is 5.32 Å². The first kappa shape index (κ1) is 18.3. The van der Waals surface area contributed by atoms with Gasteiger partial charge in [0.25, 0.3) is 0 Å². The summed E-state index contributed by atoms with van der Waals surface area (Å²) in [7, 11) is 0. The number of aromatic nitrogens is 2. The van der Waals surface area contributed by atoms with Crippen LogP contribution >= 0.6 is 0 Å². The second-order valence-corrected chi connectivity index (χ2v) is 5.70. The summed E-state index contributed by atoms with van der Waals surface area (Å²) in [5, 5.41) is 3.77. The summed E-state index contributed by atoms with van der Waals surface area (Å²) in [6.07, 6.45) is 3.12. The van der Waals surface area contributed by atoms with Gasteiger partial charge in [-0.15, -0.1) is 0 Å². The molecule has 0 fully saturated rings. The van der Waals surface area contributed by atoms with Crippen molar-refractivity contribution in [1.29, 1.82) is 0 Å². The highest BCUT2D eigenvalue weighted by atomic mass is 19.2. The van der Waals surface area contributed by atoms with Crippen LogP contribution in [0.4, 0.5) is 20.3 Å². The van der Waals surface area contributed by atoms with E-state index in [2.05, 4.69) is 32.0 Å². The van der Waals surface area contributed by atoms with E-state index in [4.69, 9.17) is 0 Å². The van der Waals surface area contributed by atoms with Gasteiger partial charge in [-0.2, -0.15) is 0 Å². The molecule has 2 aromatic carbocycles. The van der Waals surface area contributed by atoms with Crippen molar-refractivity contribution in [2.45, 2.75) is 13.8 Å². The molecule has 0 saturated heterocycles. The van der Waals surface area contributed by atoms with Crippen LogP contribution in [0.5, 0.6) is 0 Å². The van der Waals surface area contributed by atoms with E-state index in [9.17, 15) is 8.78 Å². The van der Waals surface area contributed by atoms with E-state index in [1.807, 2.05) is 25.1 Å². The van der Waals surface area contributed by atoms with E-state index in [-0.39, 0.29) is 0 Å². The molecule has 0 spiro atoms. The second kappa shape index (κ2) is 7.82. The van der Waals surface area contributed by atoms with Crippen molar-refractivity contribution in [2.24, 2.45) is 9.98 Å². The fraction of sp³-hybridized carbons (Fsp3) is 0.100. The minimum absolute atomic E-state index is 0.322. The summed E-state index contributed by atoms with van der Waals surface area (Å²) in [4.78, 5) is 17.1. The smallest absolute Gasteiger partial charge is 0.182 e. The molecule has 1 aromatic heterocycles. The van der Waals surface area contributed by atoms with E-state index in [1.165, 1.54) is 12.3 Å². The maximum absolute atomic E-state index is 13.6. The Kier molecular flexibility index (Phi) is 5.30. The minimum Gasteiger partial charge on any atom is -0.340 e. The number of hydrogen-bond donors (Lipinski definition) is 1. The first-order chi connectivity index (χ1) is 13.0. The molecule has 0 unspecified atom stereocenters. The Morgan fingerprint density at radius 2 is 1.96 bits per heavy atom. The highest BCUT2D eigenvalue weighted by Gasteiger charge is 2.13. The van der Waals surface area contributed by atoms with Gasteiger partial charge in [-0.1, -0.05) is 12.1 Å². The van der Waals surface area contributed by atoms with E-state index < -0.39 is 11.6 Å². The molecule has 5 nitrogen and oxygen atoms in total. The second-order valence-electron chi connectivity index (χ2n) is 5.70. The third kappa shape index (κ3) is 3.87. The molecule has 0 bridgehead atoms. The quantitative estimate of drug-likeness (QED) is 0.644. The predicted octanol–water partition coefficient (Wildman–Crippen LogP) is 5.05. The number of nitrogens with one attached hydrogen (secondary N) is 1. The van der Waals surface area contributed by atoms with Crippen molar-refractivity contribution in [2.75, 3.05) is 5.32 Å². The van der Waals surface area contributed by atoms with Crippen LogP contribution in [0, 0.1) is 18.6 Å². The van der Waals surface area contributed by atoms with Gasteiger partial charge in [0, 0.05) is 23.4 Å². The van der Waals surface area contributed by atoms with Crippen LogP contribution in [0.2, 0.25) is 0 Å². The predicted molar refractivity (Wildman–Crippen MR) is 106 cm³/mol. The first-order valence-corrected chi connectivity index (χ1v) is 8.18.